The fourth-order valence-electron chi connectivity index (χ4n) is 3.60. The summed E-state index contributed by atoms with van der Waals surface area (Å²) >= 11 is 1.30. The van der Waals surface area contributed by atoms with Crippen molar-refractivity contribution in [1.82, 2.24) is 9.62 Å². The lowest BCUT2D eigenvalue weighted by Crippen LogP contribution is -2.40. The van der Waals surface area contributed by atoms with Crippen molar-refractivity contribution in [2.45, 2.75) is 24.1 Å². The van der Waals surface area contributed by atoms with E-state index in [2.05, 4.69) is 35.3 Å². The second-order valence-electron chi connectivity index (χ2n) is 6.94. The van der Waals surface area contributed by atoms with Gasteiger partial charge in [-0.25, -0.2) is 13.4 Å². The zero-order valence-corrected chi connectivity index (χ0v) is 20.9. The molecule has 0 bridgehead atoms. The fraction of sp³-hybridized carbons (Fsp3) is 0.450. The normalized spacial score (nSPS) is 17.5. The summed E-state index contributed by atoms with van der Waals surface area (Å²) in [5, 5.41) is 3.36. The first-order valence-corrected chi connectivity index (χ1v) is 12.2. The molecular weight excluding hydrogens is 535 g/mol. The largest absolute Gasteiger partial charge is 0.379 e. The Morgan fingerprint density at radius 2 is 1.93 bits per heavy atom. The molecule has 0 saturated carbocycles. The van der Waals surface area contributed by atoms with Crippen LogP contribution in [0, 0.1) is 0 Å². The van der Waals surface area contributed by atoms with Gasteiger partial charge in [0, 0.05) is 36.7 Å². The molecule has 30 heavy (non-hydrogen) atoms. The van der Waals surface area contributed by atoms with Gasteiger partial charge in [0.25, 0.3) is 10.0 Å². The number of nitrogens with one attached hydrogen (secondary N) is 1. The summed E-state index contributed by atoms with van der Waals surface area (Å²) in [5.74, 6) is 0.837. The summed E-state index contributed by atoms with van der Waals surface area (Å²) in [6, 6.07) is 11.9. The van der Waals surface area contributed by atoms with Crippen LogP contribution < -0.4 is 10.2 Å². The van der Waals surface area contributed by atoms with Gasteiger partial charge in [0.1, 0.15) is 4.21 Å². The van der Waals surface area contributed by atoms with Gasteiger partial charge >= 0.3 is 0 Å². The van der Waals surface area contributed by atoms with Crippen molar-refractivity contribution < 1.29 is 13.2 Å². The number of hydrogen-bond acceptors (Lipinski definition) is 5. The van der Waals surface area contributed by atoms with Crippen molar-refractivity contribution in [3.63, 3.8) is 0 Å². The van der Waals surface area contributed by atoms with Crippen LogP contribution in [0.3, 0.4) is 0 Å². The standard InChI is InChI=1S/C20H26N4O3S2.HI/c1-2-21-20(24-10-9-16-5-3-4-6-18(16)24)22-15-17-7-8-19(28-17)29(25,26)23-11-13-27-14-12-23;/h3-8H,2,9-15H2,1H3,(H,21,22);1H. The molecule has 4 rings (SSSR count). The van der Waals surface area contributed by atoms with E-state index in [0.29, 0.717) is 37.1 Å². The molecule has 3 heterocycles. The first-order valence-electron chi connectivity index (χ1n) is 9.90. The molecular formula is C20H27IN4O3S2. The Bertz CT molecular complexity index is 987. The average Bonchev–Trinajstić information content (AvgIpc) is 3.39. The van der Waals surface area contributed by atoms with Gasteiger partial charge in [-0.05, 0) is 37.1 Å². The number of aliphatic imine (C=N–C) groups is 1. The number of thiophene rings is 1. The number of guanidine groups is 1. The molecule has 0 spiro atoms. The number of nitrogens with zero attached hydrogens (tertiary/aromatic N) is 3. The third-order valence-corrected chi connectivity index (χ3v) is 8.50. The van der Waals surface area contributed by atoms with E-state index in [9.17, 15) is 8.42 Å². The van der Waals surface area contributed by atoms with Crippen LogP contribution >= 0.6 is 35.3 Å². The monoisotopic (exact) mass is 562 g/mol. The van der Waals surface area contributed by atoms with E-state index in [-0.39, 0.29) is 24.0 Å². The minimum Gasteiger partial charge on any atom is -0.379 e. The highest BCUT2D eigenvalue weighted by molar-refractivity contribution is 14.0. The van der Waals surface area contributed by atoms with Crippen molar-refractivity contribution in [2.24, 2.45) is 4.99 Å². The summed E-state index contributed by atoms with van der Waals surface area (Å²) in [5.41, 5.74) is 2.52. The lowest BCUT2D eigenvalue weighted by molar-refractivity contribution is 0.0731. The summed E-state index contributed by atoms with van der Waals surface area (Å²) < 4.78 is 32.8. The number of rotatable bonds is 5. The molecule has 10 heteroatoms. The Labute approximate surface area is 199 Å². The smallest absolute Gasteiger partial charge is 0.252 e. The number of fused-ring (bicyclic) bond motifs is 1. The summed E-state index contributed by atoms with van der Waals surface area (Å²) in [6.07, 6.45) is 1.00. The number of para-hydroxylation sites is 1. The van der Waals surface area contributed by atoms with Gasteiger partial charge in [-0.15, -0.1) is 35.3 Å². The van der Waals surface area contributed by atoms with Crippen LogP contribution in [0.2, 0.25) is 0 Å². The average molecular weight is 562 g/mol. The second-order valence-corrected chi connectivity index (χ2v) is 10.3. The Balaban J connectivity index is 0.00000256. The maximum Gasteiger partial charge on any atom is 0.252 e. The minimum absolute atomic E-state index is 0. The van der Waals surface area contributed by atoms with E-state index in [1.54, 1.807) is 6.07 Å². The molecule has 0 aliphatic carbocycles. The van der Waals surface area contributed by atoms with Gasteiger partial charge in [0.05, 0.1) is 19.8 Å². The third-order valence-electron chi connectivity index (χ3n) is 5.06. The van der Waals surface area contributed by atoms with Crippen LogP contribution in [0.25, 0.3) is 0 Å². The maximum atomic E-state index is 12.8. The van der Waals surface area contributed by atoms with Crippen LogP contribution in [-0.2, 0) is 27.7 Å². The van der Waals surface area contributed by atoms with E-state index in [0.717, 1.165) is 30.3 Å². The third kappa shape index (κ3) is 4.98. The zero-order valence-electron chi connectivity index (χ0n) is 16.9. The van der Waals surface area contributed by atoms with E-state index < -0.39 is 10.0 Å². The van der Waals surface area contributed by atoms with Crippen LogP contribution in [0.1, 0.15) is 17.4 Å². The summed E-state index contributed by atoms with van der Waals surface area (Å²) in [4.78, 5) is 7.92. The van der Waals surface area contributed by atoms with Crippen LogP contribution in [0.5, 0.6) is 0 Å². The molecule has 0 radical (unpaired) electrons. The van der Waals surface area contributed by atoms with Crippen molar-refractivity contribution in [1.29, 1.82) is 0 Å². The molecule has 2 aromatic rings. The van der Waals surface area contributed by atoms with E-state index in [1.165, 1.54) is 26.9 Å². The highest BCUT2D eigenvalue weighted by Crippen LogP contribution is 2.29. The predicted molar refractivity (Wildman–Crippen MR) is 132 cm³/mol. The molecule has 164 valence electrons. The van der Waals surface area contributed by atoms with Gasteiger partial charge < -0.3 is 15.0 Å². The summed E-state index contributed by atoms with van der Waals surface area (Å²) in [7, 11) is -3.45. The van der Waals surface area contributed by atoms with Gasteiger partial charge in [-0.3, -0.25) is 0 Å². The molecule has 2 aliphatic heterocycles. The molecule has 0 amide bonds. The first-order chi connectivity index (χ1) is 14.1. The van der Waals surface area contributed by atoms with Gasteiger partial charge in [0.2, 0.25) is 0 Å². The maximum absolute atomic E-state index is 12.8. The molecule has 7 nitrogen and oxygen atoms in total. The lowest BCUT2D eigenvalue weighted by Gasteiger charge is -2.25. The highest BCUT2D eigenvalue weighted by atomic mass is 127. The number of sulfonamides is 1. The quantitative estimate of drug-likeness (QED) is 0.345. The molecule has 1 fully saturated rings. The van der Waals surface area contributed by atoms with Crippen molar-refractivity contribution in [3.8, 4) is 0 Å². The molecule has 1 aromatic carbocycles. The first kappa shape index (κ1) is 23.5. The Morgan fingerprint density at radius 3 is 2.70 bits per heavy atom. The Hall–Kier alpha value is -1.21. The van der Waals surface area contributed by atoms with Gasteiger partial charge in [-0.2, -0.15) is 4.31 Å². The van der Waals surface area contributed by atoms with Crippen molar-refractivity contribution in [3.05, 3.63) is 46.8 Å². The Kier molecular flexibility index (Phi) is 8.13. The Morgan fingerprint density at radius 1 is 1.17 bits per heavy atom. The number of halogens is 1. The topological polar surface area (TPSA) is 74.2 Å². The number of anilines is 1. The van der Waals surface area contributed by atoms with Gasteiger partial charge in [-0.1, -0.05) is 18.2 Å². The molecule has 0 atom stereocenters. The van der Waals surface area contributed by atoms with E-state index in [4.69, 9.17) is 9.73 Å². The minimum atomic E-state index is -3.45. The fourth-order valence-corrected chi connectivity index (χ4v) is 6.44. The molecule has 2 aliphatic rings. The molecule has 1 saturated heterocycles. The number of ether oxygens (including phenoxy) is 1. The van der Waals surface area contributed by atoms with Crippen LogP contribution in [0.15, 0.2) is 45.6 Å². The number of morpholine rings is 1. The highest BCUT2D eigenvalue weighted by Gasteiger charge is 2.28. The SMILES string of the molecule is CCNC(=NCc1ccc(S(=O)(=O)N2CCOCC2)s1)N1CCc2ccccc21.I. The summed E-state index contributed by atoms with van der Waals surface area (Å²) in [6.45, 7) is 5.89. The van der Waals surface area contributed by atoms with E-state index >= 15 is 0 Å². The van der Waals surface area contributed by atoms with Crippen LogP contribution in [0.4, 0.5) is 5.69 Å². The van der Waals surface area contributed by atoms with Crippen LogP contribution in [-0.4, -0.2) is 58.1 Å². The molecule has 1 N–H and O–H groups in total. The molecule has 1 aromatic heterocycles. The van der Waals surface area contributed by atoms with E-state index in [1.807, 2.05) is 12.1 Å². The zero-order chi connectivity index (χ0) is 20.3. The second kappa shape index (κ2) is 10.4. The lowest BCUT2D eigenvalue weighted by atomic mass is 10.2. The number of benzene rings is 1. The predicted octanol–water partition coefficient (Wildman–Crippen LogP) is 2.92. The van der Waals surface area contributed by atoms with Crippen molar-refractivity contribution in [2.75, 3.05) is 44.3 Å². The van der Waals surface area contributed by atoms with Gasteiger partial charge in [0.15, 0.2) is 5.96 Å². The number of hydrogen-bond donors (Lipinski definition) is 1. The molecule has 0 unspecified atom stereocenters. The van der Waals surface area contributed by atoms with Crippen molar-refractivity contribution >= 4 is 57.0 Å².